The summed E-state index contributed by atoms with van der Waals surface area (Å²) in [5, 5.41) is 3.03. The van der Waals surface area contributed by atoms with E-state index in [-0.39, 0.29) is 10.6 Å². The highest BCUT2D eigenvalue weighted by Crippen LogP contribution is 2.12. The molecule has 0 bridgehead atoms. The summed E-state index contributed by atoms with van der Waals surface area (Å²) in [6, 6.07) is 0. The maximum absolute atomic E-state index is 13.3. The zero-order valence-electron chi connectivity index (χ0n) is 10.3. The van der Waals surface area contributed by atoms with E-state index in [0.717, 1.165) is 12.8 Å². The fourth-order valence-corrected chi connectivity index (χ4v) is 1.86. The van der Waals surface area contributed by atoms with Crippen LogP contribution in [-0.2, 0) is 0 Å². The Hall–Kier alpha value is -0.680. The quantitative estimate of drug-likeness (QED) is 0.739. The van der Waals surface area contributed by atoms with E-state index in [2.05, 4.69) is 27.2 Å². The first-order chi connectivity index (χ1) is 8.61. The van der Waals surface area contributed by atoms with Gasteiger partial charge in [-0.2, -0.15) is 15.0 Å². The van der Waals surface area contributed by atoms with Crippen molar-refractivity contribution in [1.29, 1.82) is 0 Å². The Morgan fingerprint density at radius 2 is 1.72 bits per heavy atom. The molecule has 0 amide bonds. The summed E-state index contributed by atoms with van der Waals surface area (Å²) in [5.41, 5.74) is 0. The van der Waals surface area contributed by atoms with Gasteiger partial charge >= 0.3 is 0 Å². The maximum Gasteiger partial charge on any atom is 0.228 e. The van der Waals surface area contributed by atoms with Gasteiger partial charge in [0, 0.05) is 6.54 Å². The van der Waals surface area contributed by atoms with Gasteiger partial charge in [0.05, 0.1) is 0 Å². The van der Waals surface area contributed by atoms with Gasteiger partial charge in [0.2, 0.25) is 16.5 Å². The molecule has 18 heavy (non-hydrogen) atoms. The van der Waals surface area contributed by atoms with Crippen LogP contribution in [0.1, 0.15) is 39.0 Å². The summed E-state index contributed by atoms with van der Waals surface area (Å²) >= 11 is 11.2. The summed E-state index contributed by atoms with van der Waals surface area (Å²) in [5.74, 6) is 0.323. The number of nitrogens with one attached hydrogen (secondary N) is 1. The molecule has 1 unspecified atom stereocenters. The largest absolute Gasteiger partial charge is 0.354 e. The van der Waals surface area contributed by atoms with E-state index in [1.807, 2.05) is 0 Å². The van der Waals surface area contributed by atoms with Crippen molar-refractivity contribution in [3.05, 3.63) is 10.6 Å². The van der Waals surface area contributed by atoms with Crippen molar-refractivity contribution in [2.75, 3.05) is 11.9 Å². The predicted octanol–water partition coefficient (Wildman–Crippen LogP) is 3.90. The Bertz CT molecular complexity index is 345. The average molecular weight is 295 g/mol. The summed E-state index contributed by atoms with van der Waals surface area (Å²) < 4.78 is 13.3. The van der Waals surface area contributed by atoms with Crippen molar-refractivity contribution < 1.29 is 4.39 Å². The zero-order chi connectivity index (χ0) is 13.4. The summed E-state index contributed by atoms with van der Waals surface area (Å²) in [7, 11) is 0. The Balaban J connectivity index is 2.21. The molecule has 0 spiro atoms. The van der Waals surface area contributed by atoms with Crippen LogP contribution in [0.2, 0.25) is 10.6 Å². The normalized spacial score (nSPS) is 12.4. The van der Waals surface area contributed by atoms with Gasteiger partial charge in [-0.05, 0) is 42.5 Å². The second-order valence-electron chi connectivity index (χ2n) is 4.01. The van der Waals surface area contributed by atoms with Crippen molar-refractivity contribution in [1.82, 2.24) is 15.0 Å². The molecule has 102 valence electrons. The van der Waals surface area contributed by atoms with Crippen LogP contribution in [0.15, 0.2) is 0 Å². The topological polar surface area (TPSA) is 50.7 Å². The van der Waals surface area contributed by atoms with E-state index in [9.17, 15) is 4.39 Å². The minimum Gasteiger partial charge on any atom is -0.354 e. The molecule has 1 rings (SSSR count). The van der Waals surface area contributed by atoms with E-state index >= 15 is 0 Å². The van der Waals surface area contributed by atoms with Crippen LogP contribution in [0.3, 0.4) is 0 Å². The molecule has 0 aromatic carbocycles. The zero-order valence-corrected chi connectivity index (χ0v) is 11.8. The number of hydrogen-bond donors (Lipinski definition) is 1. The molecule has 0 saturated heterocycles. The van der Waals surface area contributed by atoms with Gasteiger partial charge < -0.3 is 5.32 Å². The first-order valence-electron chi connectivity index (χ1n) is 6.06. The molecule has 0 aliphatic heterocycles. The van der Waals surface area contributed by atoms with E-state index in [1.54, 1.807) is 0 Å². The van der Waals surface area contributed by atoms with Gasteiger partial charge in [-0.3, -0.25) is 0 Å². The molecule has 1 N–H and O–H groups in total. The molecular weight excluding hydrogens is 278 g/mol. The lowest BCUT2D eigenvalue weighted by Gasteiger charge is -2.08. The third kappa shape index (κ3) is 6.31. The molecule has 7 heteroatoms. The summed E-state index contributed by atoms with van der Waals surface area (Å²) in [6.07, 6.45) is 3.14. The first kappa shape index (κ1) is 15.4. The van der Waals surface area contributed by atoms with Gasteiger partial charge in [-0.15, -0.1) is 0 Å². The molecule has 0 saturated carbocycles. The third-order valence-electron chi connectivity index (χ3n) is 2.43. The van der Waals surface area contributed by atoms with Gasteiger partial charge in [-0.25, -0.2) is 4.39 Å². The van der Waals surface area contributed by atoms with Gasteiger partial charge in [0.1, 0.15) is 6.17 Å². The minimum absolute atomic E-state index is 0.0452. The van der Waals surface area contributed by atoms with E-state index in [4.69, 9.17) is 23.2 Å². The van der Waals surface area contributed by atoms with Gasteiger partial charge in [0.15, 0.2) is 0 Å². The number of aromatic nitrogens is 3. The van der Waals surface area contributed by atoms with Gasteiger partial charge in [0.25, 0.3) is 0 Å². The number of unbranched alkanes of at least 4 members (excludes halogenated alkanes) is 1. The predicted molar refractivity (Wildman–Crippen MR) is 72.0 cm³/mol. The average Bonchev–Trinajstić information content (AvgIpc) is 2.31. The third-order valence-corrected chi connectivity index (χ3v) is 2.77. The maximum atomic E-state index is 13.3. The van der Waals surface area contributed by atoms with Crippen molar-refractivity contribution in [3.63, 3.8) is 0 Å². The lowest BCUT2D eigenvalue weighted by molar-refractivity contribution is 0.286. The molecular formula is C11H17Cl2FN4. The van der Waals surface area contributed by atoms with Crippen LogP contribution in [0.5, 0.6) is 0 Å². The molecule has 0 aliphatic rings. The second-order valence-corrected chi connectivity index (χ2v) is 4.68. The molecule has 0 radical (unpaired) electrons. The standard InChI is InChI=1S/C11H17Cl2FN4/c1-2-3-5-8(14)6-4-7-15-11-17-9(12)16-10(13)18-11/h8H,2-7H2,1H3,(H,15,16,17,18). The van der Waals surface area contributed by atoms with E-state index in [0.29, 0.717) is 31.8 Å². The molecule has 4 nitrogen and oxygen atoms in total. The van der Waals surface area contributed by atoms with Crippen molar-refractivity contribution in [2.24, 2.45) is 0 Å². The number of halogens is 3. The molecule has 1 aromatic heterocycles. The van der Waals surface area contributed by atoms with Crippen LogP contribution >= 0.6 is 23.2 Å². The van der Waals surface area contributed by atoms with Crippen molar-refractivity contribution in [2.45, 2.75) is 45.2 Å². The Labute approximate surface area is 116 Å². The lowest BCUT2D eigenvalue weighted by Crippen LogP contribution is -2.09. The van der Waals surface area contributed by atoms with Crippen LogP contribution in [0.25, 0.3) is 0 Å². The van der Waals surface area contributed by atoms with Crippen LogP contribution in [0, 0.1) is 0 Å². The SMILES string of the molecule is CCCCC(F)CCCNc1nc(Cl)nc(Cl)n1. The Kier molecular flexibility index (Phi) is 7.20. The number of alkyl halides is 1. The molecule has 1 aromatic rings. The number of anilines is 1. The first-order valence-corrected chi connectivity index (χ1v) is 6.82. The van der Waals surface area contributed by atoms with Crippen LogP contribution in [-0.4, -0.2) is 27.7 Å². The van der Waals surface area contributed by atoms with Crippen molar-refractivity contribution in [3.8, 4) is 0 Å². The highest BCUT2D eigenvalue weighted by Gasteiger charge is 2.06. The highest BCUT2D eigenvalue weighted by molar-refractivity contribution is 6.31. The van der Waals surface area contributed by atoms with Crippen molar-refractivity contribution >= 4 is 29.2 Å². The Morgan fingerprint density at radius 1 is 1.11 bits per heavy atom. The molecule has 1 heterocycles. The number of rotatable bonds is 8. The Morgan fingerprint density at radius 3 is 2.33 bits per heavy atom. The smallest absolute Gasteiger partial charge is 0.228 e. The van der Waals surface area contributed by atoms with Crippen LogP contribution < -0.4 is 5.32 Å². The fourth-order valence-electron chi connectivity index (χ4n) is 1.50. The fraction of sp³-hybridized carbons (Fsp3) is 0.727. The van der Waals surface area contributed by atoms with Gasteiger partial charge in [-0.1, -0.05) is 19.8 Å². The highest BCUT2D eigenvalue weighted by atomic mass is 35.5. The lowest BCUT2D eigenvalue weighted by atomic mass is 10.1. The summed E-state index contributed by atoms with van der Waals surface area (Å²) in [6.45, 7) is 2.64. The van der Waals surface area contributed by atoms with E-state index < -0.39 is 6.17 Å². The van der Waals surface area contributed by atoms with Crippen LogP contribution in [0.4, 0.5) is 10.3 Å². The monoisotopic (exact) mass is 294 g/mol. The number of nitrogens with zero attached hydrogens (tertiary/aromatic N) is 3. The molecule has 0 fully saturated rings. The van der Waals surface area contributed by atoms with E-state index in [1.165, 1.54) is 0 Å². The number of hydrogen-bond acceptors (Lipinski definition) is 4. The minimum atomic E-state index is -0.725. The second kappa shape index (κ2) is 8.43. The molecule has 1 atom stereocenters. The summed E-state index contributed by atoms with van der Waals surface area (Å²) in [4.78, 5) is 11.3. The molecule has 0 aliphatic carbocycles.